The van der Waals surface area contributed by atoms with E-state index in [9.17, 15) is 0 Å². The number of hydrogen-bond donors (Lipinski definition) is 0. The third-order valence-electron chi connectivity index (χ3n) is 5.86. The Morgan fingerprint density at radius 3 is 2.34 bits per heavy atom. The van der Waals surface area contributed by atoms with Gasteiger partial charge in [-0.3, -0.25) is 9.97 Å². The Morgan fingerprint density at radius 2 is 1.41 bits per heavy atom. The van der Waals surface area contributed by atoms with Crippen molar-refractivity contribution >= 4 is 34.0 Å². The van der Waals surface area contributed by atoms with E-state index in [0.717, 1.165) is 16.9 Å². The van der Waals surface area contributed by atoms with Crippen LogP contribution in [0.1, 0.15) is 0 Å². The van der Waals surface area contributed by atoms with Crippen LogP contribution < -0.4 is 16.5 Å². The quantitative estimate of drug-likeness (QED) is 0.435. The average molecular weight is 368 g/mol. The number of nitrogens with zero attached hydrogens (tertiary/aromatic N) is 2. The fourth-order valence-corrected chi connectivity index (χ4v) is 4.57. The molecule has 134 valence electrons. The fraction of sp³-hybridized carbons (Fsp3) is 0. The summed E-state index contributed by atoms with van der Waals surface area (Å²) in [5, 5.41) is 2.39. The second-order valence-electron chi connectivity index (χ2n) is 7.46. The molecular weight excluding hydrogens is 351 g/mol. The lowest BCUT2D eigenvalue weighted by Gasteiger charge is -2.12. The Bertz CT molecular complexity index is 1360. The molecule has 2 aromatic heterocycles. The molecule has 0 spiro atoms. The molecular formula is C26H17BN2. The van der Waals surface area contributed by atoms with Gasteiger partial charge >= 0.3 is 0 Å². The zero-order chi connectivity index (χ0) is 19.2. The second kappa shape index (κ2) is 6.42. The van der Waals surface area contributed by atoms with Crippen LogP contribution in [0, 0.1) is 0 Å². The van der Waals surface area contributed by atoms with Crippen molar-refractivity contribution in [3.8, 4) is 22.4 Å². The number of fused-ring (bicyclic) bond motifs is 4. The summed E-state index contributed by atoms with van der Waals surface area (Å²) >= 11 is 0. The Balaban J connectivity index is 1.60. The van der Waals surface area contributed by atoms with E-state index in [2.05, 4.69) is 84.9 Å². The van der Waals surface area contributed by atoms with E-state index in [1.807, 2.05) is 18.5 Å². The summed E-state index contributed by atoms with van der Waals surface area (Å²) < 4.78 is 0. The van der Waals surface area contributed by atoms with Gasteiger partial charge in [-0.2, -0.15) is 0 Å². The van der Waals surface area contributed by atoms with Gasteiger partial charge in [0.1, 0.15) is 0 Å². The van der Waals surface area contributed by atoms with Crippen molar-refractivity contribution in [3.05, 3.63) is 103 Å². The maximum absolute atomic E-state index is 4.73. The second-order valence-corrected chi connectivity index (χ2v) is 7.46. The molecule has 0 atom stereocenters. The monoisotopic (exact) mass is 368 g/mol. The van der Waals surface area contributed by atoms with Crippen molar-refractivity contribution in [1.82, 2.24) is 9.97 Å². The Morgan fingerprint density at radius 1 is 0.586 bits per heavy atom. The standard InChI is InChI=1S/C26H17BN2/c1-2-8-20-18(7-1)14-16-29-26(20)19-12-13-22-21-9-3-4-10-23(21)27(24(22)17-19)25-11-5-6-15-28-25/h1-17H. The van der Waals surface area contributed by atoms with Gasteiger partial charge in [0.25, 0.3) is 6.71 Å². The predicted molar refractivity (Wildman–Crippen MR) is 122 cm³/mol. The van der Waals surface area contributed by atoms with E-state index in [1.54, 1.807) is 0 Å². The topological polar surface area (TPSA) is 25.8 Å². The molecule has 6 rings (SSSR count). The lowest BCUT2D eigenvalue weighted by molar-refractivity contribution is 1.36. The molecule has 0 saturated carbocycles. The maximum atomic E-state index is 4.73. The summed E-state index contributed by atoms with van der Waals surface area (Å²) in [6, 6.07) is 32.1. The van der Waals surface area contributed by atoms with E-state index >= 15 is 0 Å². The molecule has 0 N–H and O–H groups in total. The van der Waals surface area contributed by atoms with Gasteiger partial charge in [-0.05, 0) is 34.7 Å². The average Bonchev–Trinajstić information content (AvgIpc) is 3.13. The van der Waals surface area contributed by atoms with Gasteiger partial charge in [0.05, 0.1) is 5.69 Å². The molecule has 2 nitrogen and oxygen atoms in total. The van der Waals surface area contributed by atoms with Crippen LogP contribution in [0.5, 0.6) is 0 Å². The molecule has 29 heavy (non-hydrogen) atoms. The molecule has 0 bridgehead atoms. The number of hydrogen-bond acceptors (Lipinski definition) is 2. The fourth-order valence-electron chi connectivity index (χ4n) is 4.57. The first-order valence-electron chi connectivity index (χ1n) is 9.88. The van der Waals surface area contributed by atoms with Crippen molar-refractivity contribution in [2.24, 2.45) is 0 Å². The molecule has 3 heteroatoms. The lowest BCUT2D eigenvalue weighted by atomic mass is 9.40. The maximum Gasteiger partial charge on any atom is 0.266 e. The highest BCUT2D eigenvalue weighted by Gasteiger charge is 2.34. The molecule has 3 aromatic carbocycles. The molecule has 1 aliphatic rings. The van der Waals surface area contributed by atoms with Gasteiger partial charge in [-0.1, -0.05) is 83.7 Å². The van der Waals surface area contributed by atoms with Crippen LogP contribution >= 0.6 is 0 Å². The van der Waals surface area contributed by atoms with Gasteiger partial charge in [0.15, 0.2) is 0 Å². The Labute approximate surface area is 170 Å². The number of aromatic nitrogens is 2. The first-order valence-corrected chi connectivity index (χ1v) is 9.88. The van der Waals surface area contributed by atoms with Gasteiger partial charge in [-0.15, -0.1) is 0 Å². The first-order chi connectivity index (χ1) is 14.4. The molecule has 0 unspecified atom stereocenters. The van der Waals surface area contributed by atoms with Gasteiger partial charge in [0.2, 0.25) is 0 Å². The third-order valence-corrected chi connectivity index (χ3v) is 5.86. The highest BCUT2D eigenvalue weighted by molar-refractivity contribution is 6.98. The van der Waals surface area contributed by atoms with Crippen LogP contribution in [0.15, 0.2) is 103 Å². The van der Waals surface area contributed by atoms with Crippen LogP contribution in [-0.2, 0) is 0 Å². The first kappa shape index (κ1) is 16.3. The van der Waals surface area contributed by atoms with Crippen LogP contribution in [-0.4, -0.2) is 16.7 Å². The summed E-state index contributed by atoms with van der Waals surface area (Å²) in [5.74, 6) is 0. The van der Waals surface area contributed by atoms with E-state index in [-0.39, 0.29) is 6.71 Å². The van der Waals surface area contributed by atoms with E-state index in [4.69, 9.17) is 9.97 Å². The largest absolute Gasteiger partial charge is 0.270 e. The molecule has 3 heterocycles. The van der Waals surface area contributed by atoms with Gasteiger partial charge in [-0.25, -0.2) is 0 Å². The Kier molecular flexibility index (Phi) is 3.60. The van der Waals surface area contributed by atoms with Crippen molar-refractivity contribution in [2.75, 3.05) is 0 Å². The molecule has 0 fully saturated rings. The van der Waals surface area contributed by atoms with Crippen LogP contribution in [0.4, 0.5) is 0 Å². The van der Waals surface area contributed by atoms with Crippen molar-refractivity contribution in [1.29, 1.82) is 0 Å². The minimum atomic E-state index is 0.150. The van der Waals surface area contributed by atoms with E-state index < -0.39 is 0 Å². The number of pyridine rings is 2. The summed E-state index contributed by atoms with van der Waals surface area (Å²) in [5.41, 5.74) is 8.48. The number of rotatable bonds is 2. The normalized spacial score (nSPS) is 12.1. The minimum absolute atomic E-state index is 0.150. The zero-order valence-electron chi connectivity index (χ0n) is 15.8. The minimum Gasteiger partial charge on any atom is -0.270 e. The molecule has 0 radical (unpaired) electrons. The summed E-state index contributed by atoms with van der Waals surface area (Å²) in [4.78, 5) is 9.43. The molecule has 1 aliphatic heterocycles. The van der Waals surface area contributed by atoms with E-state index in [0.29, 0.717) is 0 Å². The summed E-state index contributed by atoms with van der Waals surface area (Å²) in [6.07, 6.45) is 3.78. The molecule has 0 aliphatic carbocycles. The third kappa shape index (κ3) is 2.51. The lowest BCUT2D eigenvalue weighted by Crippen LogP contribution is -2.50. The van der Waals surface area contributed by atoms with Crippen LogP contribution in [0.2, 0.25) is 0 Å². The van der Waals surface area contributed by atoms with Gasteiger partial charge in [0, 0.05) is 28.9 Å². The predicted octanol–water partition coefficient (Wildman–Crippen LogP) is 3.79. The smallest absolute Gasteiger partial charge is 0.266 e. The Hall–Kier alpha value is -3.72. The van der Waals surface area contributed by atoms with Crippen molar-refractivity contribution < 1.29 is 0 Å². The number of benzene rings is 3. The van der Waals surface area contributed by atoms with Crippen molar-refractivity contribution in [2.45, 2.75) is 0 Å². The van der Waals surface area contributed by atoms with Crippen LogP contribution in [0.25, 0.3) is 33.2 Å². The molecule has 0 amide bonds. The van der Waals surface area contributed by atoms with Crippen LogP contribution in [0.3, 0.4) is 0 Å². The van der Waals surface area contributed by atoms with Crippen molar-refractivity contribution in [3.63, 3.8) is 0 Å². The van der Waals surface area contributed by atoms with E-state index in [1.165, 1.54) is 32.8 Å². The SMILES string of the molecule is c1ccc(B2c3ccccc3-c3ccc(-c4nccc5ccccc45)cc32)nc1. The highest BCUT2D eigenvalue weighted by Crippen LogP contribution is 2.30. The van der Waals surface area contributed by atoms with Gasteiger partial charge < -0.3 is 0 Å². The molecule has 5 aromatic rings. The highest BCUT2D eigenvalue weighted by atomic mass is 14.7. The summed E-state index contributed by atoms with van der Waals surface area (Å²) in [6.45, 7) is 0.150. The zero-order valence-corrected chi connectivity index (χ0v) is 15.8. The summed E-state index contributed by atoms with van der Waals surface area (Å²) in [7, 11) is 0. The molecule has 0 saturated heterocycles.